The van der Waals surface area contributed by atoms with Crippen LogP contribution in [0.15, 0.2) is 24.3 Å². The summed E-state index contributed by atoms with van der Waals surface area (Å²) in [6.45, 7) is 5.27. The number of hydrogen-bond donors (Lipinski definition) is 0. The standard InChI is InChI=1S/C18H26FNO2/c19-16-3-5-17(6-4-16)22-18-8-11-20(12-9-18)10-7-15-2-1-13-21-14-15/h3-6,15,18H,1-2,7-14H2. The van der Waals surface area contributed by atoms with Crippen molar-refractivity contribution in [2.24, 2.45) is 5.92 Å². The van der Waals surface area contributed by atoms with Crippen molar-refractivity contribution in [3.63, 3.8) is 0 Å². The van der Waals surface area contributed by atoms with Gasteiger partial charge in [0.2, 0.25) is 0 Å². The van der Waals surface area contributed by atoms with Gasteiger partial charge in [-0.1, -0.05) is 0 Å². The maximum absolute atomic E-state index is 12.9. The Morgan fingerprint density at radius 2 is 1.91 bits per heavy atom. The van der Waals surface area contributed by atoms with Crippen LogP contribution < -0.4 is 4.74 Å². The Labute approximate surface area is 132 Å². The van der Waals surface area contributed by atoms with Crippen molar-refractivity contribution in [2.45, 2.75) is 38.2 Å². The Morgan fingerprint density at radius 3 is 2.59 bits per heavy atom. The molecule has 0 saturated carbocycles. The van der Waals surface area contributed by atoms with Gasteiger partial charge >= 0.3 is 0 Å². The van der Waals surface area contributed by atoms with Crippen LogP contribution in [0.3, 0.4) is 0 Å². The smallest absolute Gasteiger partial charge is 0.123 e. The first kappa shape index (κ1) is 15.8. The Bertz CT molecular complexity index is 437. The van der Waals surface area contributed by atoms with Gasteiger partial charge < -0.3 is 14.4 Å². The summed E-state index contributed by atoms with van der Waals surface area (Å²) in [6.07, 6.45) is 6.17. The largest absolute Gasteiger partial charge is 0.490 e. The normalized spacial score (nSPS) is 24.3. The number of likely N-dealkylation sites (tertiary alicyclic amines) is 1. The SMILES string of the molecule is Fc1ccc(OC2CCN(CCC3CCCOC3)CC2)cc1. The van der Waals surface area contributed by atoms with Gasteiger partial charge in [0.1, 0.15) is 17.7 Å². The minimum Gasteiger partial charge on any atom is -0.490 e. The fourth-order valence-electron chi connectivity index (χ4n) is 3.36. The second kappa shape index (κ2) is 7.93. The molecule has 0 radical (unpaired) electrons. The van der Waals surface area contributed by atoms with Crippen molar-refractivity contribution in [3.05, 3.63) is 30.1 Å². The van der Waals surface area contributed by atoms with Crippen molar-refractivity contribution in [2.75, 3.05) is 32.8 Å². The molecule has 3 rings (SSSR count). The molecule has 2 aliphatic heterocycles. The van der Waals surface area contributed by atoms with Gasteiger partial charge in [0.25, 0.3) is 0 Å². The predicted molar refractivity (Wildman–Crippen MR) is 84.7 cm³/mol. The Morgan fingerprint density at radius 1 is 1.14 bits per heavy atom. The van der Waals surface area contributed by atoms with Crippen LogP contribution in [0.25, 0.3) is 0 Å². The first-order chi connectivity index (χ1) is 10.8. The lowest BCUT2D eigenvalue weighted by Crippen LogP contribution is -2.39. The third-order valence-electron chi connectivity index (χ3n) is 4.76. The van der Waals surface area contributed by atoms with E-state index in [1.54, 1.807) is 12.1 Å². The van der Waals surface area contributed by atoms with E-state index in [1.807, 2.05) is 0 Å². The third kappa shape index (κ3) is 4.68. The van der Waals surface area contributed by atoms with E-state index in [9.17, 15) is 4.39 Å². The van der Waals surface area contributed by atoms with E-state index < -0.39 is 0 Å². The second-order valence-corrected chi connectivity index (χ2v) is 6.48. The molecule has 0 spiro atoms. The van der Waals surface area contributed by atoms with Crippen LogP contribution in [-0.2, 0) is 4.74 Å². The molecule has 2 fully saturated rings. The van der Waals surface area contributed by atoms with Crippen molar-refractivity contribution >= 4 is 0 Å². The summed E-state index contributed by atoms with van der Waals surface area (Å²) in [4.78, 5) is 2.54. The molecule has 22 heavy (non-hydrogen) atoms. The first-order valence-electron chi connectivity index (χ1n) is 8.52. The van der Waals surface area contributed by atoms with E-state index in [0.717, 1.165) is 50.8 Å². The number of hydrogen-bond acceptors (Lipinski definition) is 3. The van der Waals surface area contributed by atoms with Crippen LogP contribution >= 0.6 is 0 Å². The highest BCUT2D eigenvalue weighted by molar-refractivity contribution is 5.22. The summed E-state index contributed by atoms with van der Waals surface area (Å²) in [5.74, 6) is 1.31. The maximum Gasteiger partial charge on any atom is 0.123 e. The monoisotopic (exact) mass is 307 g/mol. The number of halogens is 1. The van der Waals surface area contributed by atoms with Crippen LogP contribution in [0.2, 0.25) is 0 Å². The average Bonchev–Trinajstić information content (AvgIpc) is 2.57. The lowest BCUT2D eigenvalue weighted by molar-refractivity contribution is 0.0420. The Kier molecular flexibility index (Phi) is 5.68. The highest BCUT2D eigenvalue weighted by Crippen LogP contribution is 2.21. The summed E-state index contributed by atoms with van der Waals surface area (Å²) in [5.41, 5.74) is 0. The molecule has 1 atom stereocenters. The van der Waals surface area contributed by atoms with E-state index in [0.29, 0.717) is 0 Å². The fraction of sp³-hybridized carbons (Fsp3) is 0.667. The number of nitrogens with zero attached hydrogens (tertiary/aromatic N) is 1. The molecule has 0 N–H and O–H groups in total. The van der Waals surface area contributed by atoms with E-state index in [1.165, 1.54) is 37.9 Å². The van der Waals surface area contributed by atoms with Gasteiger partial charge in [-0.25, -0.2) is 4.39 Å². The van der Waals surface area contributed by atoms with Gasteiger partial charge in [0, 0.05) is 26.3 Å². The zero-order valence-electron chi connectivity index (χ0n) is 13.2. The molecule has 0 aromatic heterocycles. The number of piperidine rings is 1. The van der Waals surface area contributed by atoms with Crippen molar-refractivity contribution in [1.82, 2.24) is 4.90 Å². The van der Waals surface area contributed by atoms with Gasteiger partial charge in [-0.3, -0.25) is 0 Å². The third-order valence-corrected chi connectivity index (χ3v) is 4.76. The molecule has 2 saturated heterocycles. The molecule has 0 amide bonds. The van der Waals surface area contributed by atoms with Gasteiger partial charge in [0.05, 0.1) is 0 Å². The molecular weight excluding hydrogens is 281 g/mol. The van der Waals surface area contributed by atoms with E-state index >= 15 is 0 Å². The van der Waals surface area contributed by atoms with Crippen molar-refractivity contribution < 1.29 is 13.9 Å². The lowest BCUT2D eigenvalue weighted by atomic mass is 9.97. The molecule has 1 aromatic rings. The van der Waals surface area contributed by atoms with Crippen molar-refractivity contribution in [3.8, 4) is 5.75 Å². The van der Waals surface area contributed by atoms with Crippen LogP contribution in [0, 0.1) is 11.7 Å². The van der Waals surface area contributed by atoms with E-state index in [2.05, 4.69) is 4.90 Å². The molecule has 0 aliphatic carbocycles. The number of ether oxygens (including phenoxy) is 2. The summed E-state index contributed by atoms with van der Waals surface area (Å²) >= 11 is 0. The molecule has 1 aromatic carbocycles. The molecule has 2 aliphatic rings. The van der Waals surface area contributed by atoms with Gasteiger partial charge in [0.15, 0.2) is 0 Å². The van der Waals surface area contributed by atoms with Crippen LogP contribution in [0.5, 0.6) is 5.75 Å². The predicted octanol–water partition coefficient (Wildman–Crippen LogP) is 3.49. The Hall–Kier alpha value is -1.13. The minimum atomic E-state index is -0.214. The zero-order valence-corrected chi connectivity index (χ0v) is 13.2. The van der Waals surface area contributed by atoms with Gasteiger partial charge in [-0.15, -0.1) is 0 Å². The molecule has 2 heterocycles. The summed E-state index contributed by atoms with van der Waals surface area (Å²) < 4.78 is 24.4. The fourth-order valence-corrected chi connectivity index (χ4v) is 3.36. The molecule has 4 heteroatoms. The lowest BCUT2D eigenvalue weighted by Gasteiger charge is -2.33. The zero-order chi connectivity index (χ0) is 15.2. The molecule has 122 valence electrons. The van der Waals surface area contributed by atoms with Crippen LogP contribution in [0.4, 0.5) is 4.39 Å². The maximum atomic E-state index is 12.9. The number of benzene rings is 1. The topological polar surface area (TPSA) is 21.7 Å². The summed E-state index contributed by atoms with van der Waals surface area (Å²) in [5, 5.41) is 0. The summed E-state index contributed by atoms with van der Waals surface area (Å²) in [7, 11) is 0. The highest BCUT2D eigenvalue weighted by atomic mass is 19.1. The minimum absolute atomic E-state index is 0.214. The first-order valence-corrected chi connectivity index (χ1v) is 8.52. The molecule has 1 unspecified atom stereocenters. The molecule has 0 bridgehead atoms. The molecule has 3 nitrogen and oxygen atoms in total. The van der Waals surface area contributed by atoms with Crippen LogP contribution in [-0.4, -0.2) is 43.9 Å². The van der Waals surface area contributed by atoms with Crippen LogP contribution in [0.1, 0.15) is 32.1 Å². The van der Waals surface area contributed by atoms with E-state index in [4.69, 9.17) is 9.47 Å². The summed E-state index contributed by atoms with van der Waals surface area (Å²) in [6, 6.07) is 6.34. The number of rotatable bonds is 5. The van der Waals surface area contributed by atoms with Gasteiger partial charge in [-0.05, 0) is 68.8 Å². The van der Waals surface area contributed by atoms with E-state index in [-0.39, 0.29) is 11.9 Å². The second-order valence-electron chi connectivity index (χ2n) is 6.48. The molecular formula is C18H26FNO2. The van der Waals surface area contributed by atoms with Gasteiger partial charge in [-0.2, -0.15) is 0 Å². The quantitative estimate of drug-likeness (QED) is 0.831. The Balaban J connectivity index is 1.36. The highest BCUT2D eigenvalue weighted by Gasteiger charge is 2.22. The average molecular weight is 307 g/mol. The van der Waals surface area contributed by atoms with Crippen molar-refractivity contribution in [1.29, 1.82) is 0 Å².